The smallest absolute Gasteiger partial charge is 0.424 e. The van der Waals surface area contributed by atoms with Gasteiger partial charge in [-0.2, -0.15) is 15.1 Å². The summed E-state index contributed by atoms with van der Waals surface area (Å²) >= 11 is 3.23. The number of rotatable bonds is 1. The Morgan fingerprint density at radius 3 is 1.73 bits per heavy atom. The summed E-state index contributed by atoms with van der Waals surface area (Å²) in [6.07, 6.45) is 0.945. The number of carbonyl (C=O) groups excluding carboxylic acids is 2. The number of aromatic nitrogens is 2. The van der Waals surface area contributed by atoms with Crippen molar-refractivity contribution in [2.24, 2.45) is 0 Å². The highest BCUT2D eigenvalue weighted by Gasteiger charge is 2.33. The number of halogens is 1. The number of imide groups is 1. The zero-order valence-corrected chi connectivity index (χ0v) is 15.1. The molecule has 0 atom stereocenters. The summed E-state index contributed by atoms with van der Waals surface area (Å²) in [4.78, 5) is 25.5. The molecule has 0 aromatic carbocycles. The molecule has 0 aliphatic carbocycles. The fourth-order valence-electron chi connectivity index (χ4n) is 1.35. The first kappa shape index (κ1) is 18.3. The second-order valence-electron chi connectivity index (χ2n) is 6.52. The van der Waals surface area contributed by atoms with Crippen molar-refractivity contribution in [3.8, 4) is 0 Å². The molecule has 22 heavy (non-hydrogen) atoms. The topological polar surface area (TPSA) is 81.6 Å². The third-order valence-corrected chi connectivity index (χ3v) is 2.67. The van der Waals surface area contributed by atoms with E-state index in [2.05, 4.69) is 26.1 Å². The third-order valence-electron chi connectivity index (χ3n) is 2.06. The van der Waals surface area contributed by atoms with Crippen molar-refractivity contribution < 1.29 is 19.1 Å². The Kier molecular flexibility index (Phi) is 5.50. The van der Waals surface area contributed by atoms with Gasteiger partial charge >= 0.3 is 12.2 Å². The van der Waals surface area contributed by atoms with E-state index >= 15 is 0 Å². The van der Waals surface area contributed by atoms with E-state index in [1.54, 1.807) is 41.5 Å². The minimum Gasteiger partial charge on any atom is -0.443 e. The average Bonchev–Trinajstić information content (AvgIpc) is 2.27. The summed E-state index contributed by atoms with van der Waals surface area (Å²) in [5.74, 6) is 0. The number of amides is 2. The molecule has 1 rings (SSSR count). The lowest BCUT2D eigenvalue weighted by atomic mass is 10.2. The van der Waals surface area contributed by atoms with Gasteiger partial charge in [0.1, 0.15) is 11.2 Å². The predicted molar refractivity (Wildman–Crippen MR) is 84.7 cm³/mol. The van der Waals surface area contributed by atoms with Crippen molar-refractivity contribution in [1.29, 1.82) is 0 Å². The highest BCUT2D eigenvalue weighted by Crippen LogP contribution is 2.27. The Balaban J connectivity index is 3.19. The number of anilines is 1. The summed E-state index contributed by atoms with van der Waals surface area (Å²) in [7, 11) is 0. The highest BCUT2D eigenvalue weighted by atomic mass is 79.9. The zero-order chi connectivity index (χ0) is 17.1. The fraction of sp³-hybridized carbons (Fsp3) is 0.571. The Bertz CT molecular complexity index is 536. The molecule has 8 heteroatoms. The first-order chi connectivity index (χ1) is 9.91. The van der Waals surface area contributed by atoms with E-state index in [-0.39, 0.29) is 5.69 Å². The second-order valence-corrected chi connectivity index (χ2v) is 7.37. The minimum atomic E-state index is -0.851. The van der Waals surface area contributed by atoms with Crippen LogP contribution in [0.5, 0.6) is 0 Å². The third kappa shape index (κ3) is 5.59. The number of ether oxygens (including phenoxy) is 2. The first-order valence-electron chi connectivity index (χ1n) is 6.63. The molecule has 2 amide bonds. The molecule has 0 bridgehead atoms. The van der Waals surface area contributed by atoms with Crippen LogP contribution in [-0.4, -0.2) is 33.6 Å². The predicted octanol–water partition coefficient (Wildman–Crippen LogP) is 3.92. The molecule has 0 fully saturated rings. The van der Waals surface area contributed by atoms with Gasteiger partial charge in [0.15, 0.2) is 0 Å². The Labute approximate surface area is 138 Å². The maximum absolute atomic E-state index is 12.4. The van der Waals surface area contributed by atoms with Gasteiger partial charge in [0.25, 0.3) is 0 Å². The van der Waals surface area contributed by atoms with Crippen LogP contribution in [0, 0.1) is 0 Å². The molecular weight excluding hydrogens is 354 g/mol. The molecule has 0 saturated carbocycles. The van der Waals surface area contributed by atoms with E-state index < -0.39 is 23.4 Å². The molecule has 1 aromatic heterocycles. The largest absolute Gasteiger partial charge is 0.443 e. The summed E-state index contributed by atoms with van der Waals surface area (Å²) < 4.78 is 10.9. The van der Waals surface area contributed by atoms with Gasteiger partial charge in [-0.25, -0.2) is 9.59 Å². The van der Waals surface area contributed by atoms with E-state index in [9.17, 15) is 9.59 Å². The van der Waals surface area contributed by atoms with Crippen molar-refractivity contribution in [3.63, 3.8) is 0 Å². The molecule has 0 saturated heterocycles. The molecular formula is C14H20BrN3O4. The molecule has 7 nitrogen and oxygen atoms in total. The molecule has 0 aliphatic heterocycles. The van der Waals surface area contributed by atoms with Crippen LogP contribution in [0.1, 0.15) is 41.5 Å². The van der Waals surface area contributed by atoms with Crippen LogP contribution < -0.4 is 4.90 Å². The van der Waals surface area contributed by atoms with E-state index in [1.165, 1.54) is 12.4 Å². The van der Waals surface area contributed by atoms with Crippen molar-refractivity contribution >= 4 is 33.8 Å². The van der Waals surface area contributed by atoms with Crippen molar-refractivity contribution in [2.75, 3.05) is 4.90 Å². The minimum absolute atomic E-state index is 0.193. The summed E-state index contributed by atoms with van der Waals surface area (Å²) in [6.45, 7) is 10.2. The molecule has 0 N–H and O–H groups in total. The summed E-state index contributed by atoms with van der Waals surface area (Å²) in [5, 5.41) is 7.35. The molecule has 1 heterocycles. The van der Waals surface area contributed by atoms with Crippen molar-refractivity contribution in [3.05, 3.63) is 16.9 Å². The van der Waals surface area contributed by atoms with Gasteiger partial charge in [-0.3, -0.25) is 0 Å². The van der Waals surface area contributed by atoms with Gasteiger partial charge in [-0.05, 0) is 57.5 Å². The summed E-state index contributed by atoms with van der Waals surface area (Å²) in [5.41, 5.74) is -1.33. The number of hydrogen-bond acceptors (Lipinski definition) is 6. The molecule has 0 unspecified atom stereocenters. The van der Waals surface area contributed by atoms with Crippen LogP contribution in [0.25, 0.3) is 0 Å². The van der Waals surface area contributed by atoms with Crippen LogP contribution in [0.3, 0.4) is 0 Å². The van der Waals surface area contributed by atoms with Gasteiger partial charge in [0.2, 0.25) is 0 Å². The van der Waals surface area contributed by atoms with E-state index in [0.717, 1.165) is 4.90 Å². The van der Waals surface area contributed by atoms with Crippen LogP contribution >= 0.6 is 15.9 Å². The molecule has 0 radical (unpaired) electrons. The van der Waals surface area contributed by atoms with Gasteiger partial charge in [0, 0.05) is 0 Å². The maximum Gasteiger partial charge on any atom is 0.424 e. The Hall–Kier alpha value is -1.70. The molecule has 1 aromatic rings. The van der Waals surface area contributed by atoms with Gasteiger partial charge in [-0.1, -0.05) is 0 Å². The lowest BCUT2D eigenvalue weighted by molar-refractivity contribution is 0.0430. The standard InChI is InChI=1S/C14H20BrN3O4/c1-13(2,3)21-11(19)18(12(20)22-14(4,5)6)10-8-17-16-7-9(10)15/h7-8H,1-6H3. The number of nitrogens with zero attached hydrogens (tertiary/aromatic N) is 3. The lowest BCUT2D eigenvalue weighted by Gasteiger charge is -2.28. The zero-order valence-electron chi connectivity index (χ0n) is 13.5. The number of carbonyl (C=O) groups is 2. The average molecular weight is 374 g/mol. The van der Waals surface area contributed by atoms with E-state index in [0.29, 0.717) is 4.47 Å². The van der Waals surface area contributed by atoms with Crippen LogP contribution in [0.15, 0.2) is 16.9 Å². The highest BCUT2D eigenvalue weighted by molar-refractivity contribution is 9.10. The van der Waals surface area contributed by atoms with Crippen molar-refractivity contribution in [2.45, 2.75) is 52.7 Å². The van der Waals surface area contributed by atoms with E-state index in [4.69, 9.17) is 9.47 Å². The Morgan fingerprint density at radius 1 is 0.955 bits per heavy atom. The van der Waals surface area contributed by atoms with Gasteiger partial charge in [-0.15, -0.1) is 0 Å². The lowest BCUT2D eigenvalue weighted by Crippen LogP contribution is -2.44. The normalized spacial score (nSPS) is 11.8. The molecule has 122 valence electrons. The van der Waals surface area contributed by atoms with Crippen LogP contribution in [-0.2, 0) is 9.47 Å². The summed E-state index contributed by atoms with van der Waals surface area (Å²) in [6, 6.07) is 0. The fourth-order valence-corrected chi connectivity index (χ4v) is 1.72. The first-order valence-corrected chi connectivity index (χ1v) is 7.42. The quantitative estimate of drug-likeness (QED) is 0.741. The second kappa shape index (κ2) is 6.60. The monoisotopic (exact) mass is 373 g/mol. The molecule has 0 aliphatic rings. The molecule has 0 spiro atoms. The number of hydrogen-bond donors (Lipinski definition) is 0. The van der Waals surface area contributed by atoms with Crippen LogP contribution in [0.4, 0.5) is 15.3 Å². The van der Waals surface area contributed by atoms with E-state index in [1.807, 2.05) is 0 Å². The van der Waals surface area contributed by atoms with Gasteiger partial charge < -0.3 is 9.47 Å². The van der Waals surface area contributed by atoms with Crippen LogP contribution in [0.2, 0.25) is 0 Å². The Morgan fingerprint density at radius 2 is 1.36 bits per heavy atom. The van der Waals surface area contributed by atoms with Gasteiger partial charge in [0.05, 0.1) is 22.6 Å². The SMILES string of the molecule is CC(C)(C)OC(=O)N(C(=O)OC(C)(C)C)c1cnncc1Br. The van der Waals surface area contributed by atoms with Crippen molar-refractivity contribution in [1.82, 2.24) is 10.2 Å². The maximum atomic E-state index is 12.4.